The molecule has 3 rings (SSSR count). The van der Waals surface area contributed by atoms with Crippen LogP contribution in [0, 0.1) is 0 Å². The molecule has 1 N–H and O–H groups in total. The summed E-state index contributed by atoms with van der Waals surface area (Å²) in [7, 11) is 0. The van der Waals surface area contributed by atoms with E-state index in [2.05, 4.69) is 5.32 Å². The number of nitrogens with one attached hydrogen (secondary N) is 1. The zero-order valence-electron chi connectivity index (χ0n) is 14.1. The zero-order valence-corrected chi connectivity index (χ0v) is 15.7. The molecule has 0 radical (unpaired) electrons. The largest absolute Gasteiger partial charge is 0.354 e. The Hall–Kier alpha value is -2.38. The average molecular weight is 392 g/mol. The van der Waals surface area contributed by atoms with Gasteiger partial charge in [0.2, 0.25) is 5.91 Å². The molecule has 0 spiro atoms. The Bertz CT molecular complexity index is 808. The van der Waals surface area contributed by atoms with Gasteiger partial charge in [-0.2, -0.15) is 0 Å². The van der Waals surface area contributed by atoms with Crippen LogP contribution in [0.4, 0.5) is 10.5 Å². The Morgan fingerprint density at radius 1 is 1.23 bits per heavy atom. The number of hydrogen-bond acceptors (Lipinski definition) is 4. The fraction of sp³-hybridized carbons (Fsp3) is 0.278. The summed E-state index contributed by atoms with van der Waals surface area (Å²) >= 11 is 7.49. The quantitative estimate of drug-likeness (QED) is 0.770. The van der Waals surface area contributed by atoms with Gasteiger partial charge in [-0.05, 0) is 49.1 Å². The van der Waals surface area contributed by atoms with Crippen LogP contribution in [0.15, 0.2) is 41.8 Å². The van der Waals surface area contributed by atoms with Gasteiger partial charge in [-0.25, -0.2) is 4.79 Å². The second-order valence-corrected chi connectivity index (χ2v) is 7.38. The van der Waals surface area contributed by atoms with E-state index in [1.165, 1.54) is 9.78 Å². The number of rotatable bonds is 6. The number of anilines is 1. The van der Waals surface area contributed by atoms with Crippen LogP contribution in [0.2, 0.25) is 5.02 Å². The second-order valence-electron chi connectivity index (χ2n) is 5.91. The van der Waals surface area contributed by atoms with Crippen LogP contribution in [-0.2, 0) is 16.0 Å². The van der Waals surface area contributed by atoms with Crippen LogP contribution >= 0.6 is 22.9 Å². The predicted molar refractivity (Wildman–Crippen MR) is 102 cm³/mol. The number of amides is 4. The topological polar surface area (TPSA) is 69.7 Å². The number of nitrogens with zero attached hydrogens (tertiary/aromatic N) is 2. The molecule has 0 unspecified atom stereocenters. The third-order valence-corrected chi connectivity index (χ3v) is 5.32. The van der Waals surface area contributed by atoms with Gasteiger partial charge >= 0.3 is 6.03 Å². The Morgan fingerprint density at radius 3 is 2.62 bits per heavy atom. The molecule has 0 bridgehead atoms. The number of carbonyl (C=O) groups is 3. The minimum absolute atomic E-state index is 0.281. The van der Waals surface area contributed by atoms with Crippen molar-refractivity contribution in [2.24, 2.45) is 0 Å². The van der Waals surface area contributed by atoms with Crippen molar-refractivity contribution in [3.05, 3.63) is 51.7 Å². The van der Waals surface area contributed by atoms with Gasteiger partial charge in [0.1, 0.15) is 12.6 Å². The van der Waals surface area contributed by atoms with E-state index >= 15 is 0 Å². The van der Waals surface area contributed by atoms with E-state index in [9.17, 15) is 14.4 Å². The van der Waals surface area contributed by atoms with Crippen LogP contribution in [0.5, 0.6) is 0 Å². The van der Waals surface area contributed by atoms with Crippen LogP contribution in [0.25, 0.3) is 0 Å². The lowest BCUT2D eigenvalue weighted by molar-refractivity contribution is -0.131. The molecule has 4 amide bonds. The highest BCUT2D eigenvalue weighted by molar-refractivity contribution is 7.09. The number of halogens is 1. The normalized spacial score (nSPS) is 17.1. The SMILES string of the molecule is C[C@@H]1C(=O)N(CC(=O)NCCc2cccs2)C(=O)N1c1ccc(Cl)cc1. The first-order chi connectivity index (χ1) is 12.5. The molecule has 1 atom stereocenters. The maximum atomic E-state index is 12.6. The maximum absolute atomic E-state index is 12.6. The van der Waals surface area contributed by atoms with Crippen LogP contribution < -0.4 is 10.2 Å². The van der Waals surface area contributed by atoms with Crippen LogP contribution in [0.1, 0.15) is 11.8 Å². The van der Waals surface area contributed by atoms with Crippen LogP contribution in [0.3, 0.4) is 0 Å². The van der Waals surface area contributed by atoms with E-state index in [1.807, 2.05) is 17.5 Å². The molecule has 0 aliphatic carbocycles. The number of carbonyl (C=O) groups excluding carboxylic acids is 3. The molecule has 0 saturated carbocycles. The standard InChI is InChI=1S/C18H18ClN3O3S/c1-12-17(24)21(11-16(23)20-9-8-15-3-2-10-26-15)18(25)22(12)14-6-4-13(19)5-7-14/h2-7,10,12H,8-9,11H2,1H3,(H,20,23)/t12-/m1/s1. The van der Waals surface area contributed by atoms with Crippen molar-refractivity contribution >= 4 is 46.5 Å². The molecule has 1 aromatic heterocycles. The molecule has 1 saturated heterocycles. The molecule has 6 nitrogen and oxygen atoms in total. The molecular weight excluding hydrogens is 374 g/mol. The lowest BCUT2D eigenvalue weighted by Gasteiger charge is -2.19. The Kier molecular flexibility index (Phi) is 5.58. The van der Waals surface area contributed by atoms with E-state index in [4.69, 9.17) is 11.6 Å². The molecule has 8 heteroatoms. The van der Waals surface area contributed by atoms with E-state index in [-0.39, 0.29) is 12.5 Å². The summed E-state index contributed by atoms with van der Waals surface area (Å²) in [5.41, 5.74) is 0.570. The summed E-state index contributed by atoms with van der Waals surface area (Å²) < 4.78 is 0. The first kappa shape index (κ1) is 18.4. The van der Waals surface area contributed by atoms with Gasteiger partial charge in [0, 0.05) is 22.1 Å². The highest BCUT2D eigenvalue weighted by atomic mass is 35.5. The van der Waals surface area contributed by atoms with Gasteiger partial charge in [0.15, 0.2) is 0 Å². The van der Waals surface area contributed by atoms with Crippen molar-refractivity contribution in [2.75, 3.05) is 18.0 Å². The molecule has 1 fully saturated rings. The number of hydrogen-bond donors (Lipinski definition) is 1. The molecule has 1 aliphatic heterocycles. The van der Waals surface area contributed by atoms with Gasteiger partial charge in [0.25, 0.3) is 5.91 Å². The first-order valence-electron chi connectivity index (χ1n) is 8.16. The minimum atomic E-state index is -0.664. The van der Waals surface area contributed by atoms with Crippen molar-refractivity contribution in [1.29, 1.82) is 0 Å². The van der Waals surface area contributed by atoms with Crippen molar-refractivity contribution in [1.82, 2.24) is 10.2 Å². The summed E-state index contributed by atoms with van der Waals surface area (Å²) in [5.74, 6) is -0.744. The highest BCUT2D eigenvalue weighted by Crippen LogP contribution is 2.26. The summed E-state index contributed by atoms with van der Waals surface area (Å²) in [6.07, 6.45) is 0.721. The summed E-state index contributed by atoms with van der Waals surface area (Å²) in [4.78, 5) is 40.7. The van der Waals surface area contributed by atoms with E-state index in [0.717, 1.165) is 11.3 Å². The average Bonchev–Trinajstić information content (AvgIpc) is 3.20. The van der Waals surface area contributed by atoms with Crippen molar-refractivity contribution in [3.63, 3.8) is 0 Å². The second kappa shape index (κ2) is 7.88. The first-order valence-corrected chi connectivity index (χ1v) is 9.42. The minimum Gasteiger partial charge on any atom is -0.354 e. The lowest BCUT2D eigenvalue weighted by Crippen LogP contribution is -2.42. The maximum Gasteiger partial charge on any atom is 0.332 e. The van der Waals surface area contributed by atoms with Gasteiger partial charge in [0.05, 0.1) is 0 Å². The third-order valence-electron chi connectivity index (χ3n) is 4.13. The Morgan fingerprint density at radius 2 is 1.96 bits per heavy atom. The molecule has 2 aromatic rings. The summed E-state index contributed by atoms with van der Waals surface area (Å²) in [6, 6.07) is 9.44. The third kappa shape index (κ3) is 3.89. The molecule has 26 heavy (non-hydrogen) atoms. The molecular formula is C18H18ClN3O3S. The molecule has 2 heterocycles. The monoisotopic (exact) mass is 391 g/mol. The predicted octanol–water partition coefficient (Wildman–Crippen LogP) is 2.92. The lowest BCUT2D eigenvalue weighted by atomic mass is 10.2. The molecule has 136 valence electrons. The fourth-order valence-corrected chi connectivity index (χ4v) is 3.62. The number of thiophene rings is 1. The number of urea groups is 1. The van der Waals surface area contributed by atoms with E-state index in [0.29, 0.717) is 17.3 Å². The van der Waals surface area contributed by atoms with Gasteiger partial charge < -0.3 is 5.32 Å². The Labute approximate surface area is 160 Å². The van der Waals surface area contributed by atoms with E-state index < -0.39 is 18.0 Å². The summed E-state index contributed by atoms with van der Waals surface area (Å²) in [6.45, 7) is 1.83. The van der Waals surface area contributed by atoms with Crippen molar-refractivity contribution in [3.8, 4) is 0 Å². The highest BCUT2D eigenvalue weighted by Gasteiger charge is 2.43. The Balaban J connectivity index is 1.60. The van der Waals surface area contributed by atoms with Gasteiger partial charge in [-0.1, -0.05) is 17.7 Å². The van der Waals surface area contributed by atoms with Crippen LogP contribution in [-0.4, -0.2) is 41.9 Å². The van der Waals surface area contributed by atoms with Gasteiger partial charge in [-0.3, -0.25) is 19.4 Å². The molecule has 1 aromatic carbocycles. The fourth-order valence-electron chi connectivity index (χ4n) is 2.79. The summed E-state index contributed by atoms with van der Waals surface area (Å²) in [5, 5.41) is 5.27. The van der Waals surface area contributed by atoms with Crippen molar-refractivity contribution in [2.45, 2.75) is 19.4 Å². The van der Waals surface area contributed by atoms with Crippen molar-refractivity contribution < 1.29 is 14.4 Å². The van der Waals surface area contributed by atoms with E-state index in [1.54, 1.807) is 42.5 Å². The molecule has 1 aliphatic rings. The zero-order chi connectivity index (χ0) is 18.7. The van der Waals surface area contributed by atoms with Gasteiger partial charge in [-0.15, -0.1) is 11.3 Å². The number of benzene rings is 1. The number of imide groups is 1. The smallest absolute Gasteiger partial charge is 0.332 e.